The summed E-state index contributed by atoms with van der Waals surface area (Å²) in [6.45, 7) is 8.08. The van der Waals surface area contributed by atoms with Crippen molar-refractivity contribution in [3.8, 4) is 0 Å². The minimum absolute atomic E-state index is 0.132. The molecule has 0 aliphatic rings. The first-order chi connectivity index (χ1) is 7.02. The zero-order chi connectivity index (χ0) is 11.8. The number of hydrogen-bond donors (Lipinski definition) is 1. The van der Waals surface area contributed by atoms with Gasteiger partial charge in [0.05, 0.1) is 5.92 Å². The van der Waals surface area contributed by atoms with E-state index in [4.69, 9.17) is 0 Å². The maximum absolute atomic E-state index is 12.0. The smallest absolute Gasteiger partial charge is 0.226 e. The summed E-state index contributed by atoms with van der Waals surface area (Å²) in [6.07, 6.45) is 1.99. The number of carbonyl (C=O) groups is 1. The second kappa shape index (κ2) is 7.69. The molecule has 0 aliphatic heterocycles. The van der Waals surface area contributed by atoms with Crippen LogP contribution in [0.15, 0.2) is 0 Å². The van der Waals surface area contributed by atoms with Crippen LogP contribution >= 0.6 is 0 Å². The van der Waals surface area contributed by atoms with Gasteiger partial charge < -0.3 is 10.2 Å². The fraction of sp³-hybridized carbons (Fsp3) is 0.917. The first kappa shape index (κ1) is 14.4. The Morgan fingerprint density at radius 1 is 1.40 bits per heavy atom. The Bertz CT molecular complexity index is 180. The van der Waals surface area contributed by atoms with Crippen molar-refractivity contribution in [2.24, 2.45) is 11.8 Å². The molecule has 1 amide bonds. The molecule has 0 saturated carbocycles. The van der Waals surface area contributed by atoms with E-state index < -0.39 is 0 Å². The predicted molar refractivity (Wildman–Crippen MR) is 64.8 cm³/mol. The molecule has 0 saturated heterocycles. The van der Waals surface area contributed by atoms with E-state index in [2.05, 4.69) is 26.1 Å². The minimum atomic E-state index is 0.132. The van der Waals surface area contributed by atoms with Gasteiger partial charge in [-0.25, -0.2) is 0 Å². The lowest BCUT2D eigenvalue weighted by Crippen LogP contribution is -2.37. The molecule has 0 fully saturated rings. The summed E-state index contributed by atoms with van der Waals surface area (Å²) < 4.78 is 0. The molecule has 1 atom stereocenters. The van der Waals surface area contributed by atoms with Crippen LogP contribution in [-0.4, -0.2) is 38.0 Å². The topological polar surface area (TPSA) is 32.3 Å². The lowest BCUT2D eigenvalue weighted by molar-refractivity contribution is -0.134. The highest BCUT2D eigenvalue weighted by Crippen LogP contribution is 2.08. The molecular formula is C12H26N2O. The van der Waals surface area contributed by atoms with Gasteiger partial charge in [0.1, 0.15) is 0 Å². The average Bonchev–Trinajstić information content (AvgIpc) is 2.21. The van der Waals surface area contributed by atoms with E-state index in [1.165, 1.54) is 0 Å². The van der Waals surface area contributed by atoms with Gasteiger partial charge in [0.2, 0.25) is 5.91 Å². The Labute approximate surface area is 94.2 Å². The summed E-state index contributed by atoms with van der Waals surface area (Å²) in [4.78, 5) is 13.8. The Hall–Kier alpha value is -0.570. The van der Waals surface area contributed by atoms with Gasteiger partial charge in [-0.2, -0.15) is 0 Å². The first-order valence-electron chi connectivity index (χ1n) is 5.92. The zero-order valence-electron chi connectivity index (χ0n) is 10.8. The Kier molecular flexibility index (Phi) is 7.39. The van der Waals surface area contributed by atoms with Gasteiger partial charge in [0, 0.05) is 20.1 Å². The van der Waals surface area contributed by atoms with Gasteiger partial charge in [-0.15, -0.1) is 0 Å². The van der Waals surface area contributed by atoms with E-state index in [-0.39, 0.29) is 11.8 Å². The van der Waals surface area contributed by atoms with Crippen LogP contribution in [0.5, 0.6) is 0 Å². The van der Waals surface area contributed by atoms with Crippen molar-refractivity contribution in [2.75, 3.05) is 27.2 Å². The summed E-state index contributed by atoms with van der Waals surface area (Å²) >= 11 is 0. The molecule has 90 valence electrons. The van der Waals surface area contributed by atoms with Crippen molar-refractivity contribution in [3.05, 3.63) is 0 Å². The van der Waals surface area contributed by atoms with E-state index in [9.17, 15) is 4.79 Å². The lowest BCUT2D eigenvalue weighted by Gasteiger charge is -2.23. The van der Waals surface area contributed by atoms with E-state index in [0.717, 1.165) is 25.9 Å². The second-order valence-electron chi connectivity index (χ2n) is 4.61. The number of rotatable bonds is 7. The zero-order valence-corrected chi connectivity index (χ0v) is 10.8. The fourth-order valence-corrected chi connectivity index (χ4v) is 1.53. The van der Waals surface area contributed by atoms with Crippen LogP contribution in [0.25, 0.3) is 0 Å². The van der Waals surface area contributed by atoms with Gasteiger partial charge in [0.15, 0.2) is 0 Å². The SMILES string of the molecule is CCC(CNC)C(=O)N(C)CCC(C)C. The molecule has 0 aliphatic carbocycles. The molecule has 0 rings (SSSR count). The molecular weight excluding hydrogens is 188 g/mol. The number of nitrogens with zero attached hydrogens (tertiary/aromatic N) is 1. The monoisotopic (exact) mass is 214 g/mol. The number of amides is 1. The average molecular weight is 214 g/mol. The number of carbonyl (C=O) groups excluding carboxylic acids is 1. The van der Waals surface area contributed by atoms with E-state index in [0.29, 0.717) is 5.92 Å². The van der Waals surface area contributed by atoms with Gasteiger partial charge >= 0.3 is 0 Å². The quantitative estimate of drug-likeness (QED) is 0.700. The third kappa shape index (κ3) is 5.78. The largest absolute Gasteiger partial charge is 0.345 e. The summed E-state index contributed by atoms with van der Waals surface area (Å²) in [7, 11) is 3.80. The van der Waals surface area contributed by atoms with Crippen LogP contribution in [-0.2, 0) is 4.79 Å². The van der Waals surface area contributed by atoms with Crippen LogP contribution in [0.3, 0.4) is 0 Å². The van der Waals surface area contributed by atoms with Crippen LogP contribution in [0.1, 0.15) is 33.6 Å². The van der Waals surface area contributed by atoms with Crippen molar-refractivity contribution < 1.29 is 4.79 Å². The maximum atomic E-state index is 12.0. The third-order valence-electron chi connectivity index (χ3n) is 2.71. The highest BCUT2D eigenvalue weighted by atomic mass is 16.2. The van der Waals surface area contributed by atoms with E-state index in [1.54, 1.807) is 0 Å². The maximum Gasteiger partial charge on any atom is 0.226 e. The standard InChI is InChI=1S/C12H26N2O/c1-6-11(9-13-4)12(15)14(5)8-7-10(2)3/h10-11,13H,6-9H2,1-5H3. The van der Waals surface area contributed by atoms with Crippen LogP contribution < -0.4 is 5.32 Å². The van der Waals surface area contributed by atoms with Gasteiger partial charge in [0.25, 0.3) is 0 Å². The predicted octanol–water partition coefficient (Wildman–Crippen LogP) is 1.74. The van der Waals surface area contributed by atoms with Crippen LogP contribution in [0.4, 0.5) is 0 Å². The van der Waals surface area contributed by atoms with Crippen molar-refractivity contribution >= 4 is 5.91 Å². The molecule has 0 aromatic carbocycles. The van der Waals surface area contributed by atoms with Crippen LogP contribution in [0, 0.1) is 11.8 Å². The van der Waals surface area contributed by atoms with Crippen molar-refractivity contribution in [3.63, 3.8) is 0 Å². The Balaban J connectivity index is 4.04. The molecule has 3 nitrogen and oxygen atoms in total. The van der Waals surface area contributed by atoms with Crippen LogP contribution in [0.2, 0.25) is 0 Å². The molecule has 1 N–H and O–H groups in total. The van der Waals surface area contributed by atoms with E-state index >= 15 is 0 Å². The number of nitrogens with one attached hydrogen (secondary N) is 1. The van der Waals surface area contributed by atoms with Gasteiger partial charge in [-0.05, 0) is 25.8 Å². The molecule has 0 bridgehead atoms. The Morgan fingerprint density at radius 3 is 2.40 bits per heavy atom. The molecule has 0 radical (unpaired) electrons. The highest BCUT2D eigenvalue weighted by Gasteiger charge is 2.19. The second-order valence-corrected chi connectivity index (χ2v) is 4.61. The Morgan fingerprint density at radius 2 is 2.00 bits per heavy atom. The summed E-state index contributed by atoms with van der Waals surface area (Å²) in [5, 5.41) is 3.07. The number of hydrogen-bond acceptors (Lipinski definition) is 2. The summed E-state index contributed by atoms with van der Waals surface area (Å²) in [5.41, 5.74) is 0. The lowest BCUT2D eigenvalue weighted by atomic mass is 10.0. The van der Waals surface area contributed by atoms with Crippen molar-refractivity contribution in [2.45, 2.75) is 33.6 Å². The van der Waals surface area contributed by atoms with Gasteiger partial charge in [-0.1, -0.05) is 20.8 Å². The molecule has 0 aromatic heterocycles. The fourth-order valence-electron chi connectivity index (χ4n) is 1.53. The minimum Gasteiger partial charge on any atom is -0.345 e. The summed E-state index contributed by atoms with van der Waals surface area (Å²) in [6, 6.07) is 0. The molecule has 15 heavy (non-hydrogen) atoms. The molecule has 3 heteroatoms. The normalized spacial score (nSPS) is 12.9. The molecule has 1 unspecified atom stereocenters. The van der Waals surface area contributed by atoms with Crippen molar-refractivity contribution in [1.82, 2.24) is 10.2 Å². The molecule has 0 heterocycles. The van der Waals surface area contributed by atoms with E-state index in [1.807, 2.05) is 19.0 Å². The first-order valence-corrected chi connectivity index (χ1v) is 5.92. The van der Waals surface area contributed by atoms with Crippen molar-refractivity contribution in [1.29, 1.82) is 0 Å². The highest BCUT2D eigenvalue weighted by molar-refractivity contribution is 5.78. The molecule has 0 aromatic rings. The van der Waals surface area contributed by atoms with Gasteiger partial charge in [-0.3, -0.25) is 4.79 Å². The molecule has 0 spiro atoms. The summed E-state index contributed by atoms with van der Waals surface area (Å²) in [5.74, 6) is 1.06. The third-order valence-corrected chi connectivity index (χ3v) is 2.71.